The summed E-state index contributed by atoms with van der Waals surface area (Å²) in [5, 5.41) is 11.9. The molecule has 7 nitrogen and oxygen atoms in total. The van der Waals surface area contributed by atoms with Crippen LogP contribution in [-0.4, -0.2) is 30.9 Å². The summed E-state index contributed by atoms with van der Waals surface area (Å²) in [6.45, 7) is 2.02. The molecule has 0 saturated heterocycles. The van der Waals surface area contributed by atoms with E-state index in [-0.39, 0.29) is 11.6 Å². The van der Waals surface area contributed by atoms with Crippen LogP contribution in [0.25, 0.3) is 5.69 Å². The third-order valence-electron chi connectivity index (χ3n) is 4.17. The Morgan fingerprint density at radius 2 is 1.72 bits per heavy atom. The molecular weight excluding hydrogens is 384 g/mol. The Morgan fingerprint density at radius 3 is 2.45 bits per heavy atom. The van der Waals surface area contributed by atoms with E-state index in [9.17, 15) is 4.79 Å². The standard InChI is InChI=1S/C21H18N6OS/c1-15-8-10-17(11-9-15)27-18(14-29-21-22-12-5-13-23-21)19(25-26-27)20(28)24-16-6-3-2-4-7-16/h2-13H,14H2,1H3,(H,24,28). The summed E-state index contributed by atoms with van der Waals surface area (Å²) < 4.78 is 1.69. The van der Waals surface area contributed by atoms with Crippen molar-refractivity contribution in [2.75, 3.05) is 5.32 Å². The van der Waals surface area contributed by atoms with Gasteiger partial charge in [-0.1, -0.05) is 52.9 Å². The maximum Gasteiger partial charge on any atom is 0.278 e. The number of rotatable bonds is 6. The second-order valence-electron chi connectivity index (χ2n) is 6.27. The van der Waals surface area contributed by atoms with E-state index in [0.29, 0.717) is 22.3 Å². The van der Waals surface area contributed by atoms with Gasteiger partial charge in [0.25, 0.3) is 5.91 Å². The monoisotopic (exact) mass is 402 g/mol. The smallest absolute Gasteiger partial charge is 0.278 e. The van der Waals surface area contributed by atoms with Crippen molar-refractivity contribution in [1.82, 2.24) is 25.0 Å². The molecule has 1 amide bonds. The van der Waals surface area contributed by atoms with Crippen molar-refractivity contribution < 1.29 is 4.79 Å². The van der Waals surface area contributed by atoms with Crippen LogP contribution in [0.1, 0.15) is 21.7 Å². The number of hydrogen-bond acceptors (Lipinski definition) is 6. The maximum absolute atomic E-state index is 12.9. The van der Waals surface area contributed by atoms with E-state index < -0.39 is 0 Å². The van der Waals surface area contributed by atoms with Crippen LogP contribution in [0.2, 0.25) is 0 Å². The summed E-state index contributed by atoms with van der Waals surface area (Å²) in [5.74, 6) is 0.141. The van der Waals surface area contributed by atoms with E-state index in [1.807, 2.05) is 61.5 Å². The molecule has 0 saturated carbocycles. The van der Waals surface area contributed by atoms with Crippen molar-refractivity contribution in [2.24, 2.45) is 0 Å². The van der Waals surface area contributed by atoms with Crippen molar-refractivity contribution in [2.45, 2.75) is 17.8 Å². The highest BCUT2D eigenvalue weighted by molar-refractivity contribution is 7.98. The number of amides is 1. The Labute approximate surface area is 172 Å². The highest BCUT2D eigenvalue weighted by Gasteiger charge is 2.21. The average molecular weight is 402 g/mol. The number of nitrogens with zero attached hydrogens (tertiary/aromatic N) is 5. The lowest BCUT2D eigenvalue weighted by molar-refractivity contribution is 0.102. The number of benzene rings is 2. The van der Waals surface area contributed by atoms with Crippen LogP contribution in [0.5, 0.6) is 0 Å². The molecule has 144 valence electrons. The third-order valence-corrected chi connectivity index (χ3v) is 5.06. The van der Waals surface area contributed by atoms with Crippen molar-refractivity contribution in [3.63, 3.8) is 0 Å². The SMILES string of the molecule is Cc1ccc(-n2nnc(C(=O)Nc3ccccc3)c2CSc2ncccn2)cc1. The number of aromatic nitrogens is 5. The first-order valence-corrected chi connectivity index (χ1v) is 9.97. The highest BCUT2D eigenvalue weighted by Crippen LogP contribution is 2.23. The molecule has 2 aromatic carbocycles. The van der Waals surface area contributed by atoms with Crippen LogP contribution in [-0.2, 0) is 5.75 Å². The quantitative estimate of drug-likeness (QED) is 0.389. The topological polar surface area (TPSA) is 85.6 Å². The van der Waals surface area contributed by atoms with Gasteiger partial charge in [0.05, 0.1) is 11.4 Å². The van der Waals surface area contributed by atoms with Crippen LogP contribution in [0.3, 0.4) is 0 Å². The van der Waals surface area contributed by atoms with Crippen LogP contribution in [0, 0.1) is 6.92 Å². The third kappa shape index (κ3) is 4.49. The number of carbonyl (C=O) groups is 1. The summed E-state index contributed by atoms with van der Waals surface area (Å²) in [6, 6.07) is 18.9. The molecule has 0 bridgehead atoms. The molecule has 4 aromatic rings. The zero-order chi connectivity index (χ0) is 20.1. The molecule has 29 heavy (non-hydrogen) atoms. The molecule has 8 heteroatoms. The predicted molar refractivity (Wildman–Crippen MR) is 112 cm³/mol. The van der Waals surface area contributed by atoms with E-state index in [1.165, 1.54) is 11.8 Å². The van der Waals surface area contributed by atoms with Gasteiger partial charge in [-0.15, -0.1) is 5.10 Å². The summed E-state index contributed by atoms with van der Waals surface area (Å²) in [7, 11) is 0. The first-order chi connectivity index (χ1) is 14.2. The first kappa shape index (κ1) is 18.8. The molecule has 0 atom stereocenters. The molecule has 4 rings (SSSR count). The second kappa shape index (κ2) is 8.66. The number of para-hydroxylation sites is 1. The molecule has 2 aromatic heterocycles. The Morgan fingerprint density at radius 1 is 1.00 bits per heavy atom. The Hall–Kier alpha value is -3.52. The average Bonchev–Trinajstić information content (AvgIpc) is 3.18. The van der Waals surface area contributed by atoms with Gasteiger partial charge in [-0.05, 0) is 37.3 Å². The van der Waals surface area contributed by atoms with Crippen LogP contribution >= 0.6 is 11.8 Å². The van der Waals surface area contributed by atoms with E-state index in [2.05, 4.69) is 25.6 Å². The molecule has 0 fully saturated rings. The van der Waals surface area contributed by atoms with Crippen LogP contribution in [0.4, 0.5) is 5.69 Å². The largest absolute Gasteiger partial charge is 0.321 e. The molecular formula is C21H18N6OS. The van der Waals surface area contributed by atoms with E-state index in [1.54, 1.807) is 23.1 Å². The van der Waals surface area contributed by atoms with E-state index in [0.717, 1.165) is 11.3 Å². The number of anilines is 1. The van der Waals surface area contributed by atoms with Crippen LogP contribution in [0.15, 0.2) is 78.2 Å². The lowest BCUT2D eigenvalue weighted by Crippen LogP contribution is -2.15. The van der Waals surface area contributed by atoms with Gasteiger partial charge < -0.3 is 5.32 Å². The summed E-state index contributed by atoms with van der Waals surface area (Å²) in [4.78, 5) is 21.3. The summed E-state index contributed by atoms with van der Waals surface area (Å²) >= 11 is 1.42. The summed E-state index contributed by atoms with van der Waals surface area (Å²) in [5.41, 5.74) is 3.64. The normalized spacial score (nSPS) is 10.7. The molecule has 0 spiro atoms. The molecule has 2 heterocycles. The van der Waals surface area contributed by atoms with Crippen molar-refractivity contribution in [3.05, 3.63) is 90.0 Å². The van der Waals surface area contributed by atoms with Crippen LogP contribution < -0.4 is 5.32 Å². The number of nitrogens with one attached hydrogen (secondary N) is 1. The van der Waals surface area contributed by atoms with Gasteiger partial charge in [0.15, 0.2) is 10.9 Å². The minimum atomic E-state index is -0.306. The van der Waals surface area contributed by atoms with Crippen molar-refractivity contribution in [1.29, 1.82) is 0 Å². The molecule has 0 aliphatic rings. The minimum Gasteiger partial charge on any atom is -0.321 e. The number of thioether (sulfide) groups is 1. The zero-order valence-corrected chi connectivity index (χ0v) is 16.5. The van der Waals surface area contributed by atoms with Gasteiger partial charge in [0.1, 0.15) is 0 Å². The molecule has 0 aliphatic carbocycles. The number of carbonyl (C=O) groups excluding carboxylic acids is 1. The van der Waals surface area contributed by atoms with Gasteiger partial charge in [0, 0.05) is 23.8 Å². The van der Waals surface area contributed by atoms with Gasteiger partial charge in [-0.2, -0.15) is 0 Å². The van der Waals surface area contributed by atoms with Crippen molar-refractivity contribution in [3.8, 4) is 5.69 Å². The molecule has 0 aliphatic heterocycles. The van der Waals surface area contributed by atoms with Gasteiger partial charge in [-0.3, -0.25) is 4.79 Å². The Balaban J connectivity index is 1.66. The van der Waals surface area contributed by atoms with E-state index in [4.69, 9.17) is 0 Å². The fourth-order valence-electron chi connectivity index (χ4n) is 2.71. The fourth-order valence-corrected chi connectivity index (χ4v) is 3.50. The van der Waals surface area contributed by atoms with Gasteiger partial charge in [-0.25, -0.2) is 14.6 Å². The zero-order valence-electron chi connectivity index (χ0n) is 15.7. The van der Waals surface area contributed by atoms with Gasteiger partial charge in [0.2, 0.25) is 0 Å². The molecule has 0 unspecified atom stereocenters. The molecule has 0 radical (unpaired) electrons. The minimum absolute atomic E-state index is 0.276. The van der Waals surface area contributed by atoms with E-state index >= 15 is 0 Å². The molecule has 1 N–H and O–H groups in total. The maximum atomic E-state index is 12.9. The second-order valence-corrected chi connectivity index (χ2v) is 7.21. The van der Waals surface area contributed by atoms with Gasteiger partial charge >= 0.3 is 0 Å². The Bertz CT molecular complexity index is 1100. The first-order valence-electron chi connectivity index (χ1n) is 8.98. The number of aryl methyl sites for hydroxylation is 1. The Kier molecular flexibility index (Phi) is 5.62. The van der Waals surface area contributed by atoms with Crippen molar-refractivity contribution >= 4 is 23.4 Å². The fraction of sp³-hybridized carbons (Fsp3) is 0.0952. The lowest BCUT2D eigenvalue weighted by Gasteiger charge is -2.08. The lowest BCUT2D eigenvalue weighted by atomic mass is 10.2. The predicted octanol–water partition coefficient (Wildman–Crippen LogP) is 3.91. The number of hydrogen-bond donors (Lipinski definition) is 1. The summed E-state index contributed by atoms with van der Waals surface area (Å²) in [6.07, 6.45) is 3.38. The highest BCUT2D eigenvalue weighted by atomic mass is 32.2.